The number of rotatable bonds is 5. The Morgan fingerprint density at radius 3 is 2.74 bits per heavy atom. The topological polar surface area (TPSA) is 45.7 Å². The molecule has 7 heteroatoms. The molecule has 1 saturated carbocycles. The summed E-state index contributed by atoms with van der Waals surface area (Å²) in [7, 11) is 1.85. The molecular formula is C20H31ClIN3OS. The molecule has 1 aromatic rings. The maximum atomic E-state index is 6.27. The zero-order chi connectivity index (χ0) is 18.4. The minimum Gasteiger partial charge on any atom is -0.381 e. The predicted molar refractivity (Wildman–Crippen MR) is 128 cm³/mol. The Bertz CT molecular complexity index is 625. The van der Waals surface area contributed by atoms with Crippen LogP contribution in [0.25, 0.3) is 0 Å². The molecule has 4 nitrogen and oxygen atoms in total. The Morgan fingerprint density at radius 1 is 1.33 bits per heavy atom. The van der Waals surface area contributed by atoms with Crippen LogP contribution in [0.3, 0.4) is 0 Å². The zero-order valence-corrected chi connectivity index (χ0v) is 20.1. The summed E-state index contributed by atoms with van der Waals surface area (Å²) in [5.41, 5.74) is 1.33. The van der Waals surface area contributed by atoms with E-state index in [9.17, 15) is 0 Å². The summed E-state index contributed by atoms with van der Waals surface area (Å²) in [4.78, 5) is 4.46. The first-order valence-corrected chi connectivity index (χ1v) is 11.2. The maximum Gasteiger partial charge on any atom is 0.191 e. The van der Waals surface area contributed by atoms with E-state index in [0.717, 1.165) is 48.8 Å². The van der Waals surface area contributed by atoms with E-state index in [1.54, 1.807) is 0 Å². The largest absolute Gasteiger partial charge is 0.381 e. The van der Waals surface area contributed by atoms with Crippen molar-refractivity contribution in [3.8, 4) is 0 Å². The van der Waals surface area contributed by atoms with E-state index >= 15 is 0 Å². The van der Waals surface area contributed by atoms with Crippen molar-refractivity contribution in [2.75, 3.05) is 33.1 Å². The van der Waals surface area contributed by atoms with Crippen LogP contribution >= 0.6 is 47.3 Å². The number of ether oxygens (including phenoxy) is 1. The number of halogens is 2. The predicted octanol–water partition coefficient (Wildman–Crippen LogP) is 4.46. The summed E-state index contributed by atoms with van der Waals surface area (Å²) in [6.45, 7) is 2.42. The van der Waals surface area contributed by atoms with Crippen molar-refractivity contribution in [3.63, 3.8) is 0 Å². The van der Waals surface area contributed by atoms with Gasteiger partial charge < -0.3 is 15.4 Å². The van der Waals surface area contributed by atoms with E-state index in [1.807, 2.05) is 30.9 Å². The fraction of sp³-hybridized carbons (Fsp3) is 0.650. The highest BCUT2D eigenvalue weighted by Crippen LogP contribution is 2.35. The summed E-state index contributed by atoms with van der Waals surface area (Å²) in [5.74, 6) is 0.907. The average Bonchev–Trinajstić information content (AvgIpc) is 3.13. The molecular weight excluding hydrogens is 493 g/mol. The molecule has 27 heavy (non-hydrogen) atoms. The fourth-order valence-corrected chi connectivity index (χ4v) is 5.06. The Morgan fingerprint density at radius 2 is 2.11 bits per heavy atom. The Balaban J connectivity index is 0.00000261. The minimum atomic E-state index is 0. The van der Waals surface area contributed by atoms with Gasteiger partial charge in [-0.2, -0.15) is 11.8 Å². The Labute approximate surface area is 189 Å². The SMILES string of the molecule is CN=C(NCC1(c2cccc(Cl)c2)CCOCC1)NC1CCC(SC)C1.I. The van der Waals surface area contributed by atoms with Gasteiger partial charge in [-0.3, -0.25) is 4.99 Å². The van der Waals surface area contributed by atoms with Gasteiger partial charge in [0, 0.05) is 48.5 Å². The molecule has 152 valence electrons. The number of aliphatic imine (C=N–C) groups is 1. The molecule has 1 saturated heterocycles. The quantitative estimate of drug-likeness (QED) is 0.340. The molecule has 2 unspecified atom stereocenters. The third-order valence-electron chi connectivity index (χ3n) is 5.76. The molecule has 0 bridgehead atoms. The molecule has 0 amide bonds. The van der Waals surface area contributed by atoms with Gasteiger partial charge in [0.25, 0.3) is 0 Å². The first-order valence-electron chi connectivity index (χ1n) is 9.49. The van der Waals surface area contributed by atoms with Crippen LogP contribution in [0.4, 0.5) is 0 Å². The second-order valence-electron chi connectivity index (χ2n) is 7.34. The van der Waals surface area contributed by atoms with Gasteiger partial charge in [-0.15, -0.1) is 24.0 Å². The maximum absolute atomic E-state index is 6.27. The lowest BCUT2D eigenvalue weighted by molar-refractivity contribution is 0.0513. The number of guanidine groups is 1. The van der Waals surface area contributed by atoms with E-state index in [4.69, 9.17) is 16.3 Å². The van der Waals surface area contributed by atoms with Crippen LogP contribution in [-0.4, -0.2) is 50.3 Å². The second kappa shape index (κ2) is 11.1. The molecule has 3 rings (SSSR count). The van der Waals surface area contributed by atoms with E-state index in [0.29, 0.717) is 6.04 Å². The van der Waals surface area contributed by atoms with E-state index in [1.165, 1.54) is 24.8 Å². The highest BCUT2D eigenvalue weighted by molar-refractivity contribution is 14.0. The lowest BCUT2D eigenvalue weighted by Crippen LogP contribution is -2.49. The van der Waals surface area contributed by atoms with Crippen molar-refractivity contribution < 1.29 is 4.74 Å². The number of hydrogen-bond acceptors (Lipinski definition) is 3. The van der Waals surface area contributed by atoms with Crippen LogP contribution in [0, 0.1) is 0 Å². The lowest BCUT2D eigenvalue weighted by atomic mass is 9.74. The zero-order valence-electron chi connectivity index (χ0n) is 16.2. The standard InChI is InChI=1S/C20H30ClN3OS.HI/c1-22-19(24-17-6-7-18(13-17)26-2)23-14-20(8-10-25-11-9-20)15-4-3-5-16(21)12-15;/h3-5,12,17-18H,6-11,13-14H2,1-2H3,(H2,22,23,24);1H. The van der Waals surface area contributed by atoms with Crippen LogP contribution < -0.4 is 10.6 Å². The molecule has 1 heterocycles. The summed E-state index contributed by atoms with van der Waals surface area (Å²) in [6, 6.07) is 8.80. The molecule has 1 aliphatic carbocycles. The smallest absolute Gasteiger partial charge is 0.191 e. The van der Waals surface area contributed by atoms with Gasteiger partial charge in [0.2, 0.25) is 0 Å². The highest BCUT2D eigenvalue weighted by Gasteiger charge is 2.35. The Kier molecular flexibility index (Phi) is 9.52. The molecule has 0 aromatic heterocycles. The minimum absolute atomic E-state index is 0. The van der Waals surface area contributed by atoms with Crippen LogP contribution in [0.15, 0.2) is 29.3 Å². The molecule has 1 aliphatic heterocycles. The molecule has 1 aromatic carbocycles. The molecule has 2 N–H and O–H groups in total. The molecule has 0 spiro atoms. The summed E-state index contributed by atoms with van der Waals surface area (Å²) >= 11 is 8.25. The van der Waals surface area contributed by atoms with Gasteiger partial charge in [-0.25, -0.2) is 0 Å². The average molecular weight is 524 g/mol. The lowest BCUT2D eigenvalue weighted by Gasteiger charge is -2.38. The normalized spacial score (nSPS) is 24.9. The van der Waals surface area contributed by atoms with E-state index in [2.05, 4.69) is 34.0 Å². The second-order valence-corrected chi connectivity index (χ2v) is 8.92. The van der Waals surface area contributed by atoms with Gasteiger partial charge in [-0.1, -0.05) is 23.7 Å². The fourth-order valence-electron chi connectivity index (χ4n) is 4.07. The van der Waals surface area contributed by atoms with Gasteiger partial charge in [0.15, 0.2) is 5.96 Å². The third-order valence-corrected chi connectivity index (χ3v) is 7.09. The third kappa shape index (κ3) is 6.15. The first-order chi connectivity index (χ1) is 12.6. The van der Waals surface area contributed by atoms with Gasteiger partial charge in [0.05, 0.1) is 0 Å². The monoisotopic (exact) mass is 523 g/mol. The number of hydrogen-bond donors (Lipinski definition) is 2. The number of nitrogens with zero attached hydrogens (tertiary/aromatic N) is 1. The molecule has 2 aliphatic rings. The molecule has 2 fully saturated rings. The molecule has 2 atom stereocenters. The van der Waals surface area contributed by atoms with Crippen molar-refractivity contribution in [1.82, 2.24) is 10.6 Å². The van der Waals surface area contributed by atoms with Gasteiger partial charge >= 0.3 is 0 Å². The van der Waals surface area contributed by atoms with Crippen molar-refractivity contribution in [1.29, 1.82) is 0 Å². The van der Waals surface area contributed by atoms with Crippen molar-refractivity contribution in [3.05, 3.63) is 34.9 Å². The van der Waals surface area contributed by atoms with Crippen molar-refractivity contribution in [2.45, 2.75) is 48.8 Å². The van der Waals surface area contributed by atoms with Gasteiger partial charge in [0.1, 0.15) is 0 Å². The Hall–Kier alpha value is -0.180. The van der Waals surface area contributed by atoms with Crippen LogP contribution in [0.5, 0.6) is 0 Å². The summed E-state index contributed by atoms with van der Waals surface area (Å²) in [6.07, 6.45) is 7.93. The van der Waals surface area contributed by atoms with Crippen molar-refractivity contribution in [2.24, 2.45) is 4.99 Å². The number of thioether (sulfide) groups is 1. The van der Waals surface area contributed by atoms with Crippen LogP contribution in [-0.2, 0) is 10.2 Å². The number of benzene rings is 1. The van der Waals surface area contributed by atoms with Crippen molar-refractivity contribution >= 4 is 53.3 Å². The van der Waals surface area contributed by atoms with Crippen LogP contribution in [0.1, 0.15) is 37.7 Å². The van der Waals surface area contributed by atoms with E-state index < -0.39 is 0 Å². The summed E-state index contributed by atoms with van der Waals surface area (Å²) in [5, 5.41) is 8.78. The van der Waals surface area contributed by atoms with Gasteiger partial charge in [-0.05, 0) is 56.1 Å². The number of nitrogens with one attached hydrogen (secondary N) is 2. The van der Waals surface area contributed by atoms with Crippen LogP contribution in [0.2, 0.25) is 5.02 Å². The molecule has 0 radical (unpaired) electrons. The summed E-state index contributed by atoms with van der Waals surface area (Å²) < 4.78 is 5.63. The van der Waals surface area contributed by atoms with E-state index in [-0.39, 0.29) is 29.4 Å². The first kappa shape index (κ1) is 23.1. The highest BCUT2D eigenvalue weighted by atomic mass is 127.